The summed E-state index contributed by atoms with van der Waals surface area (Å²) in [6, 6.07) is 24.2. The maximum absolute atomic E-state index is 13.2. The predicted molar refractivity (Wildman–Crippen MR) is 188 cm³/mol. The number of hydrogen-bond acceptors (Lipinski definition) is 11. The molecule has 0 saturated carbocycles. The normalized spacial score (nSPS) is 15.5. The molecule has 4 aromatic rings. The fourth-order valence-corrected chi connectivity index (χ4v) is 6.31. The first-order valence-corrected chi connectivity index (χ1v) is 17.3. The number of nitrogens with one attached hydrogen (secondary N) is 4. The van der Waals surface area contributed by atoms with E-state index in [1.165, 1.54) is 36.4 Å². The Bertz CT molecular complexity index is 2260. The first-order chi connectivity index (χ1) is 23.8. The fourth-order valence-electron chi connectivity index (χ4n) is 5.00. The SMILES string of the molecule is O=C(Nc1ccc2c(c1)C=C(S(=O)(=O)O)/C(=N\Nc1ccccc1)C2=O)Nc1ccc2c(c1)C=C(S(=O)(=O)O)/C(=N/Nc1ccccc1)C2=O.[Na+]. The van der Waals surface area contributed by atoms with E-state index < -0.39 is 59.1 Å². The molecule has 0 heterocycles. The molecule has 0 atom stereocenters. The Morgan fingerprint density at radius 2 is 0.922 bits per heavy atom. The second-order valence-corrected chi connectivity index (χ2v) is 13.5. The Morgan fingerprint density at radius 1 is 0.549 bits per heavy atom. The number of allylic oxidation sites excluding steroid dienone is 2. The van der Waals surface area contributed by atoms with Crippen LogP contribution in [0, 0.1) is 0 Å². The van der Waals surface area contributed by atoms with Gasteiger partial charge in [-0.15, -0.1) is 0 Å². The average Bonchev–Trinajstić information content (AvgIpc) is 3.07. The van der Waals surface area contributed by atoms with Crippen molar-refractivity contribution in [2.75, 3.05) is 21.5 Å². The van der Waals surface area contributed by atoms with Gasteiger partial charge >= 0.3 is 35.6 Å². The number of ketones is 2. The van der Waals surface area contributed by atoms with Crippen LogP contribution < -0.4 is 51.0 Å². The molecule has 0 saturated heterocycles. The summed E-state index contributed by atoms with van der Waals surface area (Å²) in [7, 11) is -9.80. The van der Waals surface area contributed by atoms with Crippen LogP contribution in [-0.2, 0) is 20.2 Å². The summed E-state index contributed by atoms with van der Waals surface area (Å²) in [5.41, 5.74) is 5.59. The minimum atomic E-state index is -4.90. The number of Topliss-reactive ketones (excluding diaryl/α,β-unsaturated/α-hetero) is 2. The van der Waals surface area contributed by atoms with Crippen LogP contribution in [0.4, 0.5) is 27.5 Å². The van der Waals surface area contributed by atoms with Crippen molar-refractivity contribution in [1.82, 2.24) is 0 Å². The third-order valence-corrected chi connectivity index (χ3v) is 9.01. The van der Waals surface area contributed by atoms with Gasteiger partial charge in [-0.3, -0.25) is 29.5 Å². The van der Waals surface area contributed by atoms with E-state index in [1.54, 1.807) is 60.7 Å². The zero-order valence-electron chi connectivity index (χ0n) is 26.4. The molecule has 6 rings (SSSR count). The van der Waals surface area contributed by atoms with Crippen LogP contribution in [0.1, 0.15) is 31.8 Å². The number of hydrazone groups is 2. The topological polar surface area (TPSA) is 233 Å². The van der Waals surface area contributed by atoms with E-state index in [0.717, 1.165) is 12.2 Å². The molecule has 0 aliphatic heterocycles. The van der Waals surface area contributed by atoms with Gasteiger partial charge in [-0.2, -0.15) is 27.0 Å². The van der Waals surface area contributed by atoms with Crippen LogP contribution in [0.2, 0.25) is 0 Å². The zero-order valence-corrected chi connectivity index (χ0v) is 30.0. The van der Waals surface area contributed by atoms with Crippen LogP contribution in [0.15, 0.2) is 117 Å². The van der Waals surface area contributed by atoms with Gasteiger partial charge in [-0.1, -0.05) is 36.4 Å². The zero-order chi connectivity index (χ0) is 35.6. The predicted octanol–water partition coefficient (Wildman–Crippen LogP) is 2.12. The number of nitrogens with zero attached hydrogens (tertiary/aromatic N) is 2. The molecule has 2 amide bonds. The summed E-state index contributed by atoms with van der Waals surface area (Å²) in [4.78, 5) is 37.9. The molecular formula is C33H24N6NaO9S2+. The Labute approximate surface area is 313 Å². The van der Waals surface area contributed by atoms with Gasteiger partial charge in [-0.25, -0.2) is 4.79 Å². The monoisotopic (exact) mass is 735 g/mol. The quantitative estimate of drug-likeness (QED) is 0.0872. The maximum atomic E-state index is 13.2. The molecule has 51 heavy (non-hydrogen) atoms. The van der Waals surface area contributed by atoms with E-state index in [1.807, 2.05) is 0 Å². The van der Waals surface area contributed by atoms with E-state index in [2.05, 4.69) is 31.7 Å². The Kier molecular flexibility index (Phi) is 10.8. The largest absolute Gasteiger partial charge is 1.00 e. The molecule has 15 nitrogen and oxygen atoms in total. The van der Waals surface area contributed by atoms with Crippen LogP contribution in [0.5, 0.6) is 0 Å². The summed E-state index contributed by atoms with van der Waals surface area (Å²) in [5, 5.41) is 12.9. The van der Waals surface area contributed by atoms with Crippen LogP contribution >= 0.6 is 0 Å². The number of para-hydroxylation sites is 2. The number of anilines is 4. The number of carbonyl (C=O) groups is 3. The molecule has 0 unspecified atom stereocenters. The molecule has 0 fully saturated rings. The molecule has 4 aromatic carbocycles. The van der Waals surface area contributed by atoms with E-state index >= 15 is 0 Å². The third-order valence-electron chi connectivity index (χ3n) is 7.28. The first kappa shape index (κ1) is 37.0. The van der Waals surface area contributed by atoms with Gasteiger partial charge in [0.05, 0.1) is 11.4 Å². The van der Waals surface area contributed by atoms with E-state index in [-0.39, 0.29) is 63.2 Å². The van der Waals surface area contributed by atoms with Crippen LogP contribution in [0.3, 0.4) is 0 Å². The van der Waals surface area contributed by atoms with E-state index in [0.29, 0.717) is 11.4 Å². The number of fused-ring (bicyclic) bond motifs is 2. The Hall–Kier alpha value is -5.27. The van der Waals surface area contributed by atoms with Crippen molar-refractivity contribution in [1.29, 1.82) is 0 Å². The molecule has 0 spiro atoms. The van der Waals surface area contributed by atoms with Gasteiger partial charge in [0.15, 0.2) is 11.4 Å². The maximum Gasteiger partial charge on any atom is 1.00 e. The van der Waals surface area contributed by atoms with Crippen molar-refractivity contribution in [3.05, 3.63) is 129 Å². The van der Waals surface area contributed by atoms with Gasteiger partial charge in [0, 0.05) is 22.5 Å². The fraction of sp³-hybridized carbons (Fsp3) is 0. The number of benzene rings is 4. The molecule has 2 aliphatic carbocycles. The summed E-state index contributed by atoms with van der Waals surface area (Å²) in [6.45, 7) is 0. The smallest absolute Gasteiger partial charge is 0.308 e. The number of urea groups is 1. The van der Waals surface area contributed by atoms with Crippen LogP contribution in [-0.4, -0.2) is 55.0 Å². The number of amides is 2. The van der Waals surface area contributed by atoms with Crippen molar-refractivity contribution in [3.63, 3.8) is 0 Å². The van der Waals surface area contributed by atoms with Crippen molar-refractivity contribution >= 4 is 84.2 Å². The molecule has 2 aliphatic rings. The molecule has 18 heteroatoms. The standard InChI is InChI=1S/C33H24N6O9S2.Na/c40-31-25-13-11-23(15-19(25)17-27(49(43,44)45)29(31)38-36-21-7-3-1-4-8-21)34-33(42)35-24-12-14-26-20(16-24)18-28(50(46,47)48)30(32(26)41)39-37-22-9-5-2-6-10-22;/h1-18,36-37H,(H2,34,35,42)(H,43,44,45)(H,46,47,48);/q;+1/b38-29-,39-30+;. The molecular weight excluding hydrogens is 712 g/mol. The van der Waals surface area contributed by atoms with Crippen molar-refractivity contribution in [2.24, 2.45) is 10.2 Å². The molecule has 0 radical (unpaired) electrons. The summed E-state index contributed by atoms with van der Waals surface area (Å²) in [5.74, 6) is -1.58. The van der Waals surface area contributed by atoms with Gasteiger partial charge in [0.2, 0.25) is 11.6 Å². The van der Waals surface area contributed by atoms with E-state index in [9.17, 15) is 40.3 Å². The summed E-state index contributed by atoms with van der Waals surface area (Å²) < 4.78 is 68.5. The first-order valence-electron chi connectivity index (χ1n) is 14.4. The molecule has 0 aromatic heterocycles. The van der Waals surface area contributed by atoms with Crippen LogP contribution in [0.25, 0.3) is 12.2 Å². The average molecular weight is 736 g/mol. The number of rotatable bonds is 8. The Balaban J connectivity index is 0.00000504. The van der Waals surface area contributed by atoms with Crippen molar-refractivity contribution in [2.45, 2.75) is 0 Å². The van der Waals surface area contributed by atoms with Gasteiger partial charge in [-0.05, 0) is 83.9 Å². The number of hydrogen-bond donors (Lipinski definition) is 6. The van der Waals surface area contributed by atoms with Gasteiger partial charge < -0.3 is 10.6 Å². The Morgan fingerprint density at radius 3 is 1.27 bits per heavy atom. The van der Waals surface area contributed by atoms with Gasteiger partial charge in [0.1, 0.15) is 9.81 Å². The second kappa shape index (κ2) is 14.9. The number of carbonyl (C=O) groups excluding carboxylic acids is 3. The summed E-state index contributed by atoms with van der Waals surface area (Å²) >= 11 is 0. The third kappa shape index (κ3) is 8.38. The van der Waals surface area contributed by atoms with Gasteiger partial charge in [0.25, 0.3) is 20.2 Å². The van der Waals surface area contributed by atoms with E-state index in [4.69, 9.17) is 0 Å². The van der Waals surface area contributed by atoms with Crippen molar-refractivity contribution < 1.29 is 69.9 Å². The molecule has 0 bridgehead atoms. The minimum absolute atomic E-state index is 0. The summed E-state index contributed by atoms with van der Waals surface area (Å²) in [6.07, 6.45) is 2.10. The van der Waals surface area contributed by atoms with Crippen molar-refractivity contribution in [3.8, 4) is 0 Å². The molecule has 252 valence electrons. The minimum Gasteiger partial charge on any atom is -0.308 e. The molecule has 6 N–H and O–H groups in total. The second-order valence-electron chi connectivity index (χ2n) is 10.7.